The molecule has 1 atom stereocenters. The molecule has 20 heavy (non-hydrogen) atoms. The summed E-state index contributed by atoms with van der Waals surface area (Å²) in [6, 6.07) is 13.8. The molecule has 0 radical (unpaired) electrons. The maximum atomic E-state index is 12.6. The summed E-state index contributed by atoms with van der Waals surface area (Å²) in [5.74, 6) is 0.310. The van der Waals surface area contributed by atoms with Crippen molar-refractivity contribution in [2.75, 3.05) is 0 Å². The van der Waals surface area contributed by atoms with Crippen molar-refractivity contribution in [3.05, 3.63) is 60.2 Å². The molecule has 0 saturated heterocycles. The molecule has 5 heteroatoms. The van der Waals surface area contributed by atoms with Crippen LogP contribution in [0.1, 0.15) is 18.1 Å². The summed E-state index contributed by atoms with van der Waals surface area (Å²) in [6.45, 7) is 0. The van der Waals surface area contributed by atoms with Crippen LogP contribution in [0.15, 0.2) is 54.6 Å². The van der Waals surface area contributed by atoms with Gasteiger partial charge in [0.25, 0.3) is 0 Å². The number of ether oxygens (including phenoxy) is 1. The summed E-state index contributed by atoms with van der Waals surface area (Å²) in [5, 5.41) is 9.16. The molecule has 0 aliphatic rings. The minimum absolute atomic E-state index is 0.0319. The first-order chi connectivity index (χ1) is 9.44. The standard InChI is InChI=1S/C15H13F3O2/c16-15(17,18)10-14(11-4-2-1-3-5-11)20-13-8-6-12(19)7-9-13/h1-9,14,19H,10H2. The second-order valence-corrected chi connectivity index (χ2v) is 4.33. The molecule has 0 amide bonds. The van der Waals surface area contributed by atoms with Crippen molar-refractivity contribution in [1.29, 1.82) is 0 Å². The SMILES string of the molecule is Oc1ccc(OC(CC(F)(F)F)c2ccccc2)cc1. The molecule has 106 valence electrons. The molecule has 0 bridgehead atoms. The molecule has 0 aromatic heterocycles. The van der Waals surface area contributed by atoms with E-state index in [1.54, 1.807) is 30.3 Å². The third kappa shape index (κ3) is 4.19. The Labute approximate surface area is 114 Å². The van der Waals surface area contributed by atoms with Crippen molar-refractivity contribution < 1.29 is 23.0 Å². The first kappa shape index (κ1) is 14.2. The van der Waals surface area contributed by atoms with E-state index in [-0.39, 0.29) is 11.5 Å². The summed E-state index contributed by atoms with van der Waals surface area (Å²) in [5.41, 5.74) is 0.456. The van der Waals surface area contributed by atoms with Crippen molar-refractivity contribution in [2.24, 2.45) is 0 Å². The lowest BCUT2D eigenvalue weighted by atomic mass is 10.1. The highest BCUT2D eigenvalue weighted by atomic mass is 19.4. The predicted molar refractivity (Wildman–Crippen MR) is 68.6 cm³/mol. The number of phenols is 1. The van der Waals surface area contributed by atoms with E-state index >= 15 is 0 Å². The van der Waals surface area contributed by atoms with Crippen LogP contribution in [-0.4, -0.2) is 11.3 Å². The molecule has 2 aromatic rings. The fourth-order valence-corrected chi connectivity index (χ4v) is 1.79. The Bertz CT molecular complexity index is 535. The molecule has 2 nitrogen and oxygen atoms in total. The predicted octanol–water partition coefficient (Wildman–Crippen LogP) is 4.46. The lowest BCUT2D eigenvalue weighted by Crippen LogP contribution is -2.18. The third-order valence-corrected chi connectivity index (χ3v) is 2.70. The lowest BCUT2D eigenvalue weighted by molar-refractivity contribution is -0.151. The van der Waals surface area contributed by atoms with Crippen LogP contribution in [0.25, 0.3) is 0 Å². The highest BCUT2D eigenvalue weighted by Crippen LogP contribution is 2.33. The van der Waals surface area contributed by atoms with E-state index in [4.69, 9.17) is 9.84 Å². The largest absolute Gasteiger partial charge is 0.508 e. The molecule has 1 unspecified atom stereocenters. The fourth-order valence-electron chi connectivity index (χ4n) is 1.79. The molecule has 0 aliphatic carbocycles. The van der Waals surface area contributed by atoms with Gasteiger partial charge in [0.15, 0.2) is 0 Å². The number of hydrogen-bond acceptors (Lipinski definition) is 2. The van der Waals surface area contributed by atoms with Gasteiger partial charge in [-0.2, -0.15) is 13.2 Å². The maximum Gasteiger partial charge on any atom is 0.392 e. The van der Waals surface area contributed by atoms with Crippen LogP contribution in [0.2, 0.25) is 0 Å². The zero-order valence-corrected chi connectivity index (χ0v) is 10.5. The van der Waals surface area contributed by atoms with E-state index in [1.807, 2.05) is 0 Å². The van der Waals surface area contributed by atoms with Gasteiger partial charge in [0.05, 0.1) is 6.42 Å². The second kappa shape index (κ2) is 5.86. The zero-order valence-electron chi connectivity index (χ0n) is 10.5. The van der Waals surface area contributed by atoms with Crippen molar-refractivity contribution in [3.8, 4) is 11.5 Å². The van der Waals surface area contributed by atoms with Crippen LogP contribution in [0.3, 0.4) is 0 Å². The molecule has 0 saturated carbocycles. The lowest BCUT2D eigenvalue weighted by Gasteiger charge is -2.21. The van der Waals surface area contributed by atoms with Crippen LogP contribution in [0.5, 0.6) is 11.5 Å². The second-order valence-electron chi connectivity index (χ2n) is 4.33. The molecular weight excluding hydrogens is 269 g/mol. The quantitative estimate of drug-likeness (QED) is 0.896. The van der Waals surface area contributed by atoms with Gasteiger partial charge in [-0.15, -0.1) is 0 Å². The van der Waals surface area contributed by atoms with E-state index in [0.717, 1.165) is 0 Å². The highest BCUT2D eigenvalue weighted by molar-refractivity contribution is 5.31. The van der Waals surface area contributed by atoms with Crippen molar-refractivity contribution >= 4 is 0 Å². The van der Waals surface area contributed by atoms with Gasteiger partial charge in [-0.05, 0) is 29.8 Å². The van der Waals surface area contributed by atoms with Gasteiger partial charge >= 0.3 is 6.18 Å². The molecule has 2 rings (SSSR count). The Balaban J connectivity index is 2.20. The van der Waals surface area contributed by atoms with Gasteiger partial charge in [-0.3, -0.25) is 0 Å². The number of alkyl halides is 3. The molecule has 0 heterocycles. The number of hydrogen-bond donors (Lipinski definition) is 1. The Hall–Kier alpha value is -2.17. The minimum Gasteiger partial charge on any atom is -0.508 e. The van der Waals surface area contributed by atoms with Crippen LogP contribution in [0, 0.1) is 0 Å². The van der Waals surface area contributed by atoms with E-state index in [2.05, 4.69) is 0 Å². The molecule has 0 fully saturated rings. The molecule has 2 aromatic carbocycles. The normalized spacial score (nSPS) is 12.9. The first-order valence-corrected chi connectivity index (χ1v) is 6.01. The Morgan fingerprint density at radius 1 is 0.950 bits per heavy atom. The van der Waals surface area contributed by atoms with Gasteiger partial charge in [-0.1, -0.05) is 30.3 Å². The van der Waals surface area contributed by atoms with E-state index in [1.165, 1.54) is 24.3 Å². The monoisotopic (exact) mass is 282 g/mol. The molecule has 1 N–H and O–H groups in total. The zero-order chi connectivity index (χ0) is 14.6. The smallest absolute Gasteiger partial charge is 0.392 e. The Kier molecular flexibility index (Phi) is 4.17. The summed E-state index contributed by atoms with van der Waals surface area (Å²) in [6.07, 6.45) is -6.50. The van der Waals surface area contributed by atoms with Crippen molar-refractivity contribution in [3.63, 3.8) is 0 Å². The molecule has 0 aliphatic heterocycles. The van der Waals surface area contributed by atoms with E-state index in [0.29, 0.717) is 5.56 Å². The number of rotatable bonds is 4. The van der Waals surface area contributed by atoms with Crippen LogP contribution in [-0.2, 0) is 0 Å². The van der Waals surface area contributed by atoms with E-state index in [9.17, 15) is 13.2 Å². The van der Waals surface area contributed by atoms with E-state index < -0.39 is 18.7 Å². The van der Waals surface area contributed by atoms with Gasteiger partial charge in [0.1, 0.15) is 17.6 Å². The molecular formula is C15H13F3O2. The van der Waals surface area contributed by atoms with Crippen LogP contribution >= 0.6 is 0 Å². The number of phenolic OH excluding ortho intramolecular Hbond substituents is 1. The number of aromatic hydroxyl groups is 1. The summed E-state index contributed by atoms with van der Waals surface area (Å²) >= 11 is 0. The topological polar surface area (TPSA) is 29.5 Å². The van der Waals surface area contributed by atoms with Crippen LogP contribution in [0.4, 0.5) is 13.2 Å². The number of benzene rings is 2. The Morgan fingerprint density at radius 3 is 2.10 bits per heavy atom. The third-order valence-electron chi connectivity index (χ3n) is 2.70. The summed E-state index contributed by atoms with van der Waals surface area (Å²) in [7, 11) is 0. The van der Waals surface area contributed by atoms with Crippen LogP contribution < -0.4 is 4.74 Å². The highest BCUT2D eigenvalue weighted by Gasteiger charge is 2.33. The fraction of sp³-hybridized carbons (Fsp3) is 0.200. The van der Waals surface area contributed by atoms with Gasteiger partial charge in [-0.25, -0.2) is 0 Å². The maximum absolute atomic E-state index is 12.6. The summed E-state index contributed by atoms with van der Waals surface area (Å²) < 4.78 is 43.3. The Morgan fingerprint density at radius 2 is 1.55 bits per heavy atom. The molecule has 0 spiro atoms. The van der Waals surface area contributed by atoms with Gasteiger partial charge < -0.3 is 9.84 Å². The van der Waals surface area contributed by atoms with Gasteiger partial charge in [0.2, 0.25) is 0 Å². The first-order valence-electron chi connectivity index (χ1n) is 6.01. The summed E-state index contributed by atoms with van der Waals surface area (Å²) in [4.78, 5) is 0. The van der Waals surface area contributed by atoms with Gasteiger partial charge in [0, 0.05) is 0 Å². The average molecular weight is 282 g/mol. The average Bonchev–Trinajstić information content (AvgIpc) is 2.40. The number of halogens is 3. The minimum atomic E-state index is -4.32. The van der Waals surface area contributed by atoms with Crippen molar-refractivity contribution in [1.82, 2.24) is 0 Å². The van der Waals surface area contributed by atoms with Crippen molar-refractivity contribution in [2.45, 2.75) is 18.7 Å².